The Labute approximate surface area is 123 Å². The van der Waals surface area contributed by atoms with Crippen LogP contribution in [0.1, 0.15) is 29.4 Å². The Bertz CT molecular complexity index is 422. The molecule has 1 aliphatic heterocycles. The Balaban J connectivity index is 0.00000180. The summed E-state index contributed by atoms with van der Waals surface area (Å²) in [5, 5.41) is 5.13. The number of ketones is 1. The molecule has 0 bridgehead atoms. The summed E-state index contributed by atoms with van der Waals surface area (Å²) in [5.74, 6) is 0.162. The van der Waals surface area contributed by atoms with Crippen LogP contribution in [-0.2, 0) is 4.79 Å². The lowest BCUT2D eigenvalue weighted by molar-refractivity contribution is -0.133. The van der Waals surface area contributed by atoms with Gasteiger partial charge in [-0.25, -0.2) is 0 Å². The minimum atomic E-state index is 0. The molecular weight excluding hydrogens is 284 g/mol. The van der Waals surface area contributed by atoms with E-state index in [0.29, 0.717) is 12.8 Å². The summed E-state index contributed by atoms with van der Waals surface area (Å²) in [6.07, 6.45) is 0.636. The maximum atomic E-state index is 12.0. The summed E-state index contributed by atoms with van der Waals surface area (Å²) in [6, 6.07) is 3.89. The lowest BCUT2D eigenvalue weighted by Crippen LogP contribution is -2.52. The largest absolute Gasteiger partial charge is 0.337 e. The van der Waals surface area contributed by atoms with Gasteiger partial charge in [0.1, 0.15) is 0 Å². The van der Waals surface area contributed by atoms with Gasteiger partial charge in [-0.3, -0.25) is 9.59 Å². The zero-order valence-electron chi connectivity index (χ0n) is 10.9. The minimum absolute atomic E-state index is 0. The molecular formula is C13H19ClN2O2S. The predicted molar refractivity (Wildman–Crippen MR) is 79.2 cm³/mol. The lowest BCUT2D eigenvalue weighted by atomic mass is 10.1. The van der Waals surface area contributed by atoms with E-state index in [4.69, 9.17) is 0 Å². The van der Waals surface area contributed by atoms with Crippen molar-refractivity contribution in [1.82, 2.24) is 10.2 Å². The maximum Gasteiger partial charge on any atom is 0.223 e. The van der Waals surface area contributed by atoms with Crippen molar-refractivity contribution >= 4 is 35.4 Å². The van der Waals surface area contributed by atoms with Crippen molar-refractivity contribution in [3.8, 4) is 0 Å². The average Bonchev–Trinajstić information content (AvgIpc) is 2.90. The summed E-state index contributed by atoms with van der Waals surface area (Å²) in [7, 11) is 0. The molecule has 1 aromatic heterocycles. The van der Waals surface area contributed by atoms with E-state index in [2.05, 4.69) is 5.32 Å². The fourth-order valence-corrected chi connectivity index (χ4v) is 2.83. The van der Waals surface area contributed by atoms with Crippen LogP contribution >= 0.6 is 23.7 Å². The van der Waals surface area contributed by atoms with Crippen LogP contribution in [0.25, 0.3) is 0 Å². The number of amides is 1. The molecule has 2 heterocycles. The third kappa shape index (κ3) is 4.30. The van der Waals surface area contributed by atoms with Crippen molar-refractivity contribution in [2.75, 3.05) is 19.6 Å². The molecule has 0 aliphatic carbocycles. The van der Waals surface area contributed by atoms with E-state index in [9.17, 15) is 9.59 Å². The van der Waals surface area contributed by atoms with Crippen LogP contribution in [-0.4, -0.2) is 42.3 Å². The Morgan fingerprint density at radius 3 is 2.89 bits per heavy atom. The quantitative estimate of drug-likeness (QED) is 0.865. The van der Waals surface area contributed by atoms with Crippen molar-refractivity contribution in [1.29, 1.82) is 0 Å². The zero-order chi connectivity index (χ0) is 13.0. The molecule has 1 N–H and O–H groups in total. The van der Waals surface area contributed by atoms with Gasteiger partial charge in [0.15, 0.2) is 5.78 Å². The molecule has 1 aliphatic rings. The number of nitrogens with one attached hydrogen (secondary N) is 1. The van der Waals surface area contributed by atoms with E-state index >= 15 is 0 Å². The third-order valence-electron chi connectivity index (χ3n) is 3.18. The van der Waals surface area contributed by atoms with Crippen LogP contribution in [0.5, 0.6) is 0 Å². The average molecular weight is 303 g/mol. The molecule has 1 aromatic rings. The van der Waals surface area contributed by atoms with Crippen LogP contribution in [0.4, 0.5) is 0 Å². The highest BCUT2D eigenvalue weighted by Gasteiger charge is 2.23. The standard InChI is InChI=1S/C13H18N2O2S.ClH/c1-10-9-14-6-7-15(10)13(17)5-4-11(16)12-3-2-8-18-12;/h2-3,8,10,14H,4-7,9H2,1H3;1H. The van der Waals surface area contributed by atoms with Crippen molar-refractivity contribution in [3.05, 3.63) is 22.4 Å². The van der Waals surface area contributed by atoms with E-state index in [0.717, 1.165) is 24.5 Å². The molecule has 0 saturated carbocycles. The van der Waals surface area contributed by atoms with Crippen LogP contribution in [0.3, 0.4) is 0 Å². The van der Waals surface area contributed by atoms with Crippen molar-refractivity contribution < 1.29 is 9.59 Å². The molecule has 1 unspecified atom stereocenters. The van der Waals surface area contributed by atoms with E-state index in [1.54, 1.807) is 0 Å². The van der Waals surface area contributed by atoms with Gasteiger partial charge in [-0.05, 0) is 18.4 Å². The van der Waals surface area contributed by atoms with Gasteiger partial charge in [0.05, 0.1) is 4.88 Å². The van der Waals surface area contributed by atoms with Gasteiger partial charge in [0, 0.05) is 38.5 Å². The van der Waals surface area contributed by atoms with E-state index in [1.807, 2.05) is 29.3 Å². The Morgan fingerprint density at radius 2 is 2.26 bits per heavy atom. The van der Waals surface area contributed by atoms with Crippen molar-refractivity contribution in [2.45, 2.75) is 25.8 Å². The SMILES string of the molecule is CC1CNCCN1C(=O)CCC(=O)c1cccs1.Cl. The van der Waals surface area contributed by atoms with E-state index < -0.39 is 0 Å². The number of thiophene rings is 1. The topological polar surface area (TPSA) is 49.4 Å². The second kappa shape index (κ2) is 7.62. The van der Waals surface area contributed by atoms with E-state index in [1.165, 1.54) is 11.3 Å². The molecule has 4 nitrogen and oxygen atoms in total. The fraction of sp³-hybridized carbons (Fsp3) is 0.538. The normalized spacial score (nSPS) is 18.8. The molecule has 1 fully saturated rings. The molecule has 1 atom stereocenters. The van der Waals surface area contributed by atoms with Crippen molar-refractivity contribution in [3.63, 3.8) is 0 Å². The highest BCUT2D eigenvalue weighted by Crippen LogP contribution is 2.14. The highest BCUT2D eigenvalue weighted by atomic mass is 35.5. The number of rotatable bonds is 4. The van der Waals surface area contributed by atoms with Gasteiger partial charge in [-0.15, -0.1) is 23.7 Å². The zero-order valence-corrected chi connectivity index (χ0v) is 12.6. The lowest BCUT2D eigenvalue weighted by Gasteiger charge is -2.34. The summed E-state index contributed by atoms with van der Waals surface area (Å²) >= 11 is 1.43. The smallest absolute Gasteiger partial charge is 0.223 e. The summed E-state index contributed by atoms with van der Waals surface area (Å²) < 4.78 is 0. The summed E-state index contributed by atoms with van der Waals surface area (Å²) in [4.78, 5) is 26.5. The first-order chi connectivity index (χ1) is 8.68. The second-order valence-corrected chi connectivity index (χ2v) is 5.49. The number of piperazine rings is 1. The molecule has 0 radical (unpaired) electrons. The van der Waals surface area contributed by atoms with Gasteiger partial charge in [-0.1, -0.05) is 6.07 Å². The monoisotopic (exact) mass is 302 g/mol. The maximum absolute atomic E-state index is 12.0. The Morgan fingerprint density at radius 1 is 1.47 bits per heavy atom. The predicted octanol–water partition coefficient (Wildman–Crippen LogP) is 1.95. The third-order valence-corrected chi connectivity index (χ3v) is 4.09. The molecule has 19 heavy (non-hydrogen) atoms. The Hall–Kier alpha value is -0.910. The number of carbonyl (C=O) groups is 2. The van der Waals surface area contributed by atoms with Crippen molar-refractivity contribution in [2.24, 2.45) is 0 Å². The second-order valence-electron chi connectivity index (χ2n) is 4.54. The number of Topliss-reactive ketones (excluding diaryl/α,β-unsaturated/α-hetero) is 1. The number of halogens is 1. The molecule has 106 valence electrons. The van der Waals surface area contributed by atoms with Gasteiger partial charge in [0.2, 0.25) is 5.91 Å². The molecule has 6 heteroatoms. The molecule has 2 rings (SSSR count). The summed E-state index contributed by atoms with van der Waals surface area (Å²) in [6.45, 7) is 4.46. The van der Waals surface area contributed by atoms with Gasteiger partial charge in [-0.2, -0.15) is 0 Å². The molecule has 0 aromatic carbocycles. The first-order valence-corrected chi connectivity index (χ1v) is 7.13. The minimum Gasteiger partial charge on any atom is -0.337 e. The van der Waals surface area contributed by atoms with E-state index in [-0.39, 0.29) is 30.1 Å². The number of nitrogens with zero attached hydrogens (tertiary/aromatic N) is 1. The van der Waals surface area contributed by atoms with Gasteiger partial charge < -0.3 is 10.2 Å². The van der Waals surface area contributed by atoms with Gasteiger partial charge >= 0.3 is 0 Å². The first kappa shape index (κ1) is 16.1. The molecule has 0 spiro atoms. The van der Waals surface area contributed by atoms with Gasteiger partial charge in [0.25, 0.3) is 0 Å². The highest BCUT2D eigenvalue weighted by molar-refractivity contribution is 7.12. The van der Waals surface area contributed by atoms with Crippen LogP contribution in [0.2, 0.25) is 0 Å². The summed E-state index contributed by atoms with van der Waals surface area (Å²) in [5.41, 5.74) is 0. The van der Waals surface area contributed by atoms with Crippen LogP contribution < -0.4 is 5.32 Å². The Kier molecular flexibility index (Phi) is 6.48. The first-order valence-electron chi connectivity index (χ1n) is 6.25. The number of carbonyl (C=O) groups excluding carboxylic acids is 2. The molecule has 1 saturated heterocycles. The molecule has 1 amide bonds. The number of hydrogen-bond donors (Lipinski definition) is 1. The van der Waals surface area contributed by atoms with Crippen LogP contribution in [0.15, 0.2) is 17.5 Å². The van der Waals surface area contributed by atoms with Crippen LogP contribution in [0, 0.1) is 0 Å². The number of hydrogen-bond acceptors (Lipinski definition) is 4. The fourth-order valence-electron chi connectivity index (χ4n) is 2.14.